The summed E-state index contributed by atoms with van der Waals surface area (Å²) in [6.45, 7) is 19.1. The summed E-state index contributed by atoms with van der Waals surface area (Å²) < 4.78 is 17.6. The highest BCUT2D eigenvalue weighted by molar-refractivity contribution is 6.70. The van der Waals surface area contributed by atoms with Gasteiger partial charge in [0.25, 0.3) is 5.95 Å². The first-order valence-corrected chi connectivity index (χ1v) is 14.8. The minimum atomic E-state index is -1.77. The molecule has 0 radical (unpaired) electrons. The molecular weight excluding hydrogens is 308 g/mol. The van der Waals surface area contributed by atoms with E-state index >= 15 is 0 Å². The van der Waals surface area contributed by atoms with Crippen LogP contribution >= 0.6 is 0 Å². The first-order valence-electron chi connectivity index (χ1n) is 8.02. The molecular formula is C17H34O3Si2. The minimum absolute atomic E-state index is 0.523. The molecule has 0 saturated heterocycles. The van der Waals surface area contributed by atoms with Crippen LogP contribution in [0.2, 0.25) is 39.3 Å². The fourth-order valence-corrected chi connectivity index (χ4v) is 3.31. The van der Waals surface area contributed by atoms with Gasteiger partial charge in [-0.1, -0.05) is 32.4 Å². The summed E-state index contributed by atoms with van der Waals surface area (Å²) in [6, 6.07) is 0. The van der Waals surface area contributed by atoms with Crippen LogP contribution in [0.15, 0.2) is 36.0 Å². The van der Waals surface area contributed by atoms with Crippen molar-refractivity contribution in [3.63, 3.8) is 0 Å². The molecule has 128 valence electrons. The van der Waals surface area contributed by atoms with E-state index in [2.05, 4.69) is 58.9 Å². The van der Waals surface area contributed by atoms with Crippen molar-refractivity contribution in [2.75, 3.05) is 7.11 Å². The molecule has 0 fully saturated rings. The van der Waals surface area contributed by atoms with Gasteiger partial charge in [0.15, 0.2) is 0 Å². The fourth-order valence-electron chi connectivity index (χ4n) is 1.71. The monoisotopic (exact) mass is 342 g/mol. The van der Waals surface area contributed by atoms with Crippen LogP contribution in [0.1, 0.15) is 26.2 Å². The first kappa shape index (κ1) is 21.1. The summed E-state index contributed by atoms with van der Waals surface area (Å²) in [4.78, 5) is 0. The van der Waals surface area contributed by atoms with Crippen LogP contribution in [-0.2, 0) is 13.6 Å². The molecule has 5 heteroatoms. The Hall–Kier alpha value is -0.946. The number of hydrogen-bond acceptors (Lipinski definition) is 3. The maximum Gasteiger partial charge on any atom is 0.276 e. The van der Waals surface area contributed by atoms with E-state index in [4.69, 9.17) is 13.6 Å². The molecule has 0 aliphatic rings. The normalized spacial score (nSPS) is 13.8. The second-order valence-electron chi connectivity index (χ2n) is 7.30. The van der Waals surface area contributed by atoms with E-state index < -0.39 is 16.6 Å². The third-order valence-electron chi connectivity index (χ3n) is 2.54. The van der Waals surface area contributed by atoms with Crippen molar-refractivity contribution in [3.05, 3.63) is 36.0 Å². The highest BCUT2D eigenvalue weighted by Crippen LogP contribution is 2.24. The van der Waals surface area contributed by atoms with Crippen LogP contribution in [0.5, 0.6) is 0 Å². The van der Waals surface area contributed by atoms with E-state index in [0.29, 0.717) is 11.7 Å². The third kappa shape index (κ3) is 9.89. The van der Waals surface area contributed by atoms with Crippen LogP contribution < -0.4 is 0 Å². The van der Waals surface area contributed by atoms with Crippen LogP contribution in [0.25, 0.3) is 0 Å². The van der Waals surface area contributed by atoms with Gasteiger partial charge in [0, 0.05) is 0 Å². The number of allylic oxidation sites excluding steroid dienone is 2. The molecule has 0 bridgehead atoms. The Bertz CT molecular complexity index is 413. The Morgan fingerprint density at radius 2 is 1.55 bits per heavy atom. The van der Waals surface area contributed by atoms with Crippen molar-refractivity contribution in [2.24, 2.45) is 0 Å². The second-order valence-corrected chi connectivity index (χ2v) is 16.2. The van der Waals surface area contributed by atoms with Gasteiger partial charge in [0.1, 0.15) is 5.76 Å². The standard InChI is InChI=1S/C17H34O3Si2/c1-10-11-12-13-14-16(15(2)19-21(4,5)6)17(18-3)20-22(7,8)9/h13-14H,2,10-12H2,1,3-9H3/b14-13+,17-16-. The van der Waals surface area contributed by atoms with Gasteiger partial charge in [0.2, 0.25) is 16.6 Å². The molecule has 0 amide bonds. The van der Waals surface area contributed by atoms with Gasteiger partial charge in [-0.3, -0.25) is 0 Å². The summed E-state index contributed by atoms with van der Waals surface area (Å²) in [6.07, 6.45) is 7.55. The first-order chi connectivity index (χ1) is 10.00. The molecule has 3 nitrogen and oxygen atoms in total. The van der Waals surface area contributed by atoms with Crippen molar-refractivity contribution in [3.8, 4) is 0 Å². The van der Waals surface area contributed by atoms with E-state index in [1.54, 1.807) is 7.11 Å². The largest absolute Gasteiger partial charge is 0.544 e. The zero-order valence-electron chi connectivity index (χ0n) is 15.7. The average molecular weight is 343 g/mol. The van der Waals surface area contributed by atoms with E-state index in [-0.39, 0.29) is 0 Å². The van der Waals surface area contributed by atoms with Crippen LogP contribution in [0, 0.1) is 0 Å². The lowest BCUT2D eigenvalue weighted by molar-refractivity contribution is 0.142. The lowest BCUT2D eigenvalue weighted by Crippen LogP contribution is -2.28. The highest BCUT2D eigenvalue weighted by Gasteiger charge is 2.24. The molecule has 0 aromatic heterocycles. The van der Waals surface area contributed by atoms with Crippen LogP contribution in [0.4, 0.5) is 0 Å². The maximum atomic E-state index is 6.06. The summed E-state index contributed by atoms with van der Waals surface area (Å²) in [5.74, 6) is 1.16. The van der Waals surface area contributed by atoms with Crippen molar-refractivity contribution < 1.29 is 13.6 Å². The van der Waals surface area contributed by atoms with E-state index in [1.807, 2.05) is 6.08 Å². The van der Waals surface area contributed by atoms with Gasteiger partial charge >= 0.3 is 0 Å². The van der Waals surface area contributed by atoms with Crippen molar-refractivity contribution in [1.29, 1.82) is 0 Å². The topological polar surface area (TPSA) is 27.7 Å². The Morgan fingerprint density at radius 3 is 1.95 bits per heavy atom. The zero-order valence-corrected chi connectivity index (χ0v) is 17.7. The molecule has 0 spiro atoms. The number of hydrogen-bond donors (Lipinski definition) is 0. The summed E-state index contributed by atoms with van der Waals surface area (Å²) in [5, 5.41) is 0. The van der Waals surface area contributed by atoms with Gasteiger partial charge in [-0.05, 0) is 51.8 Å². The van der Waals surface area contributed by atoms with Crippen molar-refractivity contribution in [1.82, 2.24) is 0 Å². The van der Waals surface area contributed by atoms with Gasteiger partial charge in [-0.25, -0.2) is 0 Å². The minimum Gasteiger partial charge on any atom is -0.544 e. The van der Waals surface area contributed by atoms with Gasteiger partial charge in [-0.2, -0.15) is 0 Å². The van der Waals surface area contributed by atoms with E-state index in [1.165, 1.54) is 12.8 Å². The Kier molecular flexibility index (Phi) is 8.85. The molecule has 0 aromatic rings. The molecule has 0 aliphatic heterocycles. The number of unbranched alkanes of at least 4 members (excludes halogenated alkanes) is 2. The van der Waals surface area contributed by atoms with Gasteiger partial charge in [-0.15, -0.1) is 0 Å². The van der Waals surface area contributed by atoms with Crippen molar-refractivity contribution >= 4 is 16.6 Å². The predicted molar refractivity (Wildman–Crippen MR) is 101 cm³/mol. The van der Waals surface area contributed by atoms with Gasteiger partial charge < -0.3 is 13.6 Å². The zero-order chi connectivity index (χ0) is 17.4. The third-order valence-corrected chi connectivity index (χ3v) is 4.20. The molecule has 0 N–H and O–H groups in total. The number of rotatable bonds is 10. The molecule has 0 aliphatic carbocycles. The summed E-state index contributed by atoms with van der Waals surface area (Å²) in [7, 11) is -1.85. The predicted octanol–water partition coefficient (Wildman–Crippen LogP) is 5.81. The van der Waals surface area contributed by atoms with E-state index in [9.17, 15) is 0 Å². The highest BCUT2D eigenvalue weighted by atomic mass is 28.4. The van der Waals surface area contributed by atoms with Crippen LogP contribution in [-0.4, -0.2) is 23.7 Å². The maximum absolute atomic E-state index is 6.06. The SMILES string of the molecule is C=C(O[Si](C)(C)C)C(/C=C/CCCC)=C(/OC)O[Si](C)(C)C. The number of ether oxygens (including phenoxy) is 1. The average Bonchev–Trinajstić information content (AvgIpc) is 2.33. The smallest absolute Gasteiger partial charge is 0.276 e. The lowest BCUT2D eigenvalue weighted by Gasteiger charge is -2.26. The molecule has 0 aromatic carbocycles. The Labute approximate surface area is 139 Å². The van der Waals surface area contributed by atoms with Gasteiger partial charge in [0.05, 0.1) is 12.7 Å². The summed E-state index contributed by atoms with van der Waals surface area (Å²) in [5.41, 5.74) is 0.823. The Balaban J connectivity index is 5.45. The van der Waals surface area contributed by atoms with E-state index in [0.717, 1.165) is 12.0 Å². The Morgan fingerprint density at radius 1 is 1.00 bits per heavy atom. The number of methoxy groups -OCH3 is 1. The molecule has 0 atom stereocenters. The lowest BCUT2D eigenvalue weighted by atomic mass is 10.2. The molecule has 0 rings (SSSR count). The van der Waals surface area contributed by atoms with Crippen LogP contribution in [0.3, 0.4) is 0 Å². The second kappa shape index (κ2) is 9.25. The fraction of sp³-hybridized carbons (Fsp3) is 0.647. The molecule has 0 heterocycles. The quantitative estimate of drug-likeness (QED) is 0.217. The van der Waals surface area contributed by atoms with Crippen molar-refractivity contribution in [2.45, 2.75) is 65.5 Å². The molecule has 0 unspecified atom stereocenters. The molecule has 22 heavy (non-hydrogen) atoms. The summed E-state index contributed by atoms with van der Waals surface area (Å²) >= 11 is 0. The molecule has 0 saturated carbocycles.